The molecule has 3 heteroatoms. The van der Waals surface area contributed by atoms with E-state index in [1.165, 1.54) is 74.4 Å². The third kappa shape index (κ3) is 3.34. The average molecular weight is 377 g/mol. The lowest BCUT2D eigenvalue weighted by Crippen LogP contribution is -2.60. The number of rotatable bonds is 3. The van der Waals surface area contributed by atoms with Crippen molar-refractivity contribution in [2.75, 3.05) is 19.6 Å². The van der Waals surface area contributed by atoms with Crippen LogP contribution in [0.3, 0.4) is 0 Å². The number of carbonyl (C=O) groups is 1. The summed E-state index contributed by atoms with van der Waals surface area (Å²) in [7, 11) is 0. The molecule has 0 bridgehead atoms. The van der Waals surface area contributed by atoms with Crippen LogP contribution in [-0.2, 0) is 11.2 Å². The first-order valence-corrected chi connectivity index (χ1v) is 11.3. The fourth-order valence-electron chi connectivity index (χ4n) is 6.17. The monoisotopic (exact) mass is 376 g/mol. The highest BCUT2D eigenvalue weighted by Crippen LogP contribution is 2.39. The van der Waals surface area contributed by atoms with Crippen molar-refractivity contribution in [1.29, 1.82) is 0 Å². The third-order valence-electron chi connectivity index (χ3n) is 7.44. The van der Waals surface area contributed by atoms with Gasteiger partial charge >= 0.3 is 0 Å². The van der Waals surface area contributed by atoms with Crippen LogP contribution >= 0.6 is 0 Å². The zero-order chi connectivity index (χ0) is 18.9. The normalized spacial score (nSPS) is 28.4. The minimum Gasteiger partial charge on any atom is -0.338 e. The van der Waals surface area contributed by atoms with Crippen LogP contribution in [0.25, 0.3) is 10.8 Å². The molecule has 1 aliphatic carbocycles. The van der Waals surface area contributed by atoms with Crippen LogP contribution in [-0.4, -0.2) is 47.4 Å². The smallest absolute Gasteiger partial charge is 0.227 e. The van der Waals surface area contributed by atoms with E-state index in [0.717, 1.165) is 6.54 Å². The lowest BCUT2D eigenvalue weighted by Gasteiger charge is -2.51. The molecule has 5 rings (SSSR count). The molecule has 0 aromatic heterocycles. The minimum absolute atomic E-state index is 0.345. The van der Waals surface area contributed by atoms with Crippen LogP contribution in [0.5, 0.6) is 0 Å². The second kappa shape index (κ2) is 7.87. The van der Waals surface area contributed by atoms with Gasteiger partial charge in [0.25, 0.3) is 0 Å². The molecule has 3 nitrogen and oxygen atoms in total. The Bertz CT molecular complexity index is 834. The fourth-order valence-corrected chi connectivity index (χ4v) is 6.17. The topological polar surface area (TPSA) is 23.6 Å². The molecular weight excluding hydrogens is 344 g/mol. The van der Waals surface area contributed by atoms with Gasteiger partial charge in [-0.05, 0) is 73.9 Å². The maximum Gasteiger partial charge on any atom is 0.227 e. The molecular formula is C25H32N2O. The van der Waals surface area contributed by atoms with Gasteiger partial charge in [-0.3, -0.25) is 9.69 Å². The van der Waals surface area contributed by atoms with Crippen molar-refractivity contribution in [2.24, 2.45) is 5.92 Å². The molecule has 2 aliphatic heterocycles. The molecule has 1 saturated carbocycles. The largest absolute Gasteiger partial charge is 0.338 e. The molecule has 2 heterocycles. The maximum atomic E-state index is 13.5. The summed E-state index contributed by atoms with van der Waals surface area (Å²) in [5.41, 5.74) is 1.18. The first kappa shape index (κ1) is 18.2. The van der Waals surface area contributed by atoms with Crippen molar-refractivity contribution in [1.82, 2.24) is 9.80 Å². The number of amides is 1. The Labute approximate surface area is 168 Å². The van der Waals surface area contributed by atoms with E-state index in [9.17, 15) is 4.79 Å². The first-order valence-electron chi connectivity index (χ1n) is 11.3. The van der Waals surface area contributed by atoms with E-state index in [1.54, 1.807) is 0 Å². The fraction of sp³-hybridized carbons (Fsp3) is 0.560. The summed E-state index contributed by atoms with van der Waals surface area (Å²) in [5.74, 6) is 1.06. The number of benzene rings is 2. The van der Waals surface area contributed by atoms with Crippen molar-refractivity contribution < 1.29 is 4.79 Å². The molecule has 28 heavy (non-hydrogen) atoms. The molecule has 148 valence electrons. The summed E-state index contributed by atoms with van der Waals surface area (Å²) in [5, 5.41) is 2.46. The molecule has 3 aliphatic rings. The Hall–Kier alpha value is -1.87. The molecule has 3 atom stereocenters. The van der Waals surface area contributed by atoms with Gasteiger partial charge in [0.2, 0.25) is 5.91 Å². The third-order valence-corrected chi connectivity index (χ3v) is 7.44. The molecule has 2 aromatic carbocycles. The molecule has 3 fully saturated rings. The van der Waals surface area contributed by atoms with Gasteiger partial charge in [0.05, 0.1) is 12.5 Å². The van der Waals surface area contributed by atoms with Crippen molar-refractivity contribution in [3.05, 3.63) is 48.0 Å². The summed E-state index contributed by atoms with van der Waals surface area (Å²) in [4.78, 5) is 18.5. The lowest BCUT2D eigenvalue weighted by molar-refractivity contribution is -0.139. The van der Waals surface area contributed by atoms with E-state index in [1.807, 2.05) is 0 Å². The van der Waals surface area contributed by atoms with Crippen LogP contribution in [0.4, 0.5) is 0 Å². The van der Waals surface area contributed by atoms with E-state index < -0.39 is 0 Å². The number of carbonyl (C=O) groups excluding carboxylic acids is 1. The van der Waals surface area contributed by atoms with Crippen LogP contribution in [0.1, 0.15) is 50.5 Å². The molecule has 2 saturated heterocycles. The standard InChI is InChI=1S/C25H32N2O/c28-24(18-21-11-5-9-19-8-1-2-13-22(19)21)27-17-7-12-20-10-6-14-23(25(20)27)26-15-3-4-16-26/h1-2,5,8-9,11,13,20,23,25H,3-4,6-7,10,12,14-18H2/t20-,23+,25+/m0/s1. The molecule has 1 amide bonds. The van der Waals surface area contributed by atoms with Gasteiger partial charge in [-0.15, -0.1) is 0 Å². The first-order chi connectivity index (χ1) is 13.8. The SMILES string of the molecule is O=C(Cc1cccc2ccccc12)N1CCC[C@@H]2CCC[C@@H](N3CCCC3)[C@@H]21. The van der Waals surface area contributed by atoms with Crippen molar-refractivity contribution >= 4 is 16.7 Å². The Morgan fingerprint density at radius 1 is 0.857 bits per heavy atom. The van der Waals surface area contributed by atoms with Gasteiger partial charge in [-0.25, -0.2) is 0 Å². The summed E-state index contributed by atoms with van der Waals surface area (Å²) in [6, 6.07) is 15.9. The number of hydrogen-bond acceptors (Lipinski definition) is 2. The summed E-state index contributed by atoms with van der Waals surface area (Å²) >= 11 is 0. The number of nitrogens with zero attached hydrogens (tertiary/aromatic N) is 2. The number of hydrogen-bond donors (Lipinski definition) is 0. The molecule has 0 radical (unpaired) electrons. The Balaban J connectivity index is 1.40. The van der Waals surface area contributed by atoms with Crippen LogP contribution in [0, 0.1) is 5.92 Å². The molecule has 0 unspecified atom stereocenters. The highest BCUT2D eigenvalue weighted by molar-refractivity contribution is 5.90. The summed E-state index contributed by atoms with van der Waals surface area (Å²) in [6.45, 7) is 3.42. The van der Waals surface area contributed by atoms with Crippen molar-refractivity contribution in [3.8, 4) is 0 Å². The highest BCUT2D eigenvalue weighted by atomic mass is 16.2. The van der Waals surface area contributed by atoms with E-state index in [2.05, 4.69) is 52.3 Å². The van der Waals surface area contributed by atoms with Crippen LogP contribution < -0.4 is 0 Å². The molecule has 2 aromatic rings. The van der Waals surface area contributed by atoms with E-state index in [0.29, 0.717) is 30.3 Å². The lowest BCUT2D eigenvalue weighted by atomic mass is 9.74. The highest BCUT2D eigenvalue weighted by Gasteiger charge is 2.44. The van der Waals surface area contributed by atoms with Crippen LogP contribution in [0.2, 0.25) is 0 Å². The predicted octanol–water partition coefficient (Wildman–Crippen LogP) is 4.64. The number of fused-ring (bicyclic) bond motifs is 2. The van der Waals surface area contributed by atoms with Crippen molar-refractivity contribution in [2.45, 2.75) is 63.5 Å². The molecule has 0 spiro atoms. The second-order valence-corrected chi connectivity index (χ2v) is 9.04. The quantitative estimate of drug-likeness (QED) is 0.779. The van der Waals surface area contributed by atoms with Crippen LogP contribution in [0.15, 0.2) is 42.5 Å². The molecule has 0 N–H and O–H groups in total. The van der Waals surface area contributed by atoms with Gasteiger partial charge in [0.15, 0.2) is 0 Å². The number of piperidine rings is 1. The summed E-state index contributed by atoms with van der Waals surface area (Å²) in [6.07, 6.45) is 9.62. The zero-order valence-electron chi connectivity index (χ0n) is 16.9. The Morgan fingerprint density at radius 3 is 2.54 bits per heavy atom. The zero-order valence-corrected chi connectivity index (χ0v) is 16.9. The van der Waals surface area contributed by atoms with Gasteiger partial charge in [-0.2, -0.15) is 0 Å². The van der Waals surface area contributed by atoms with Gasteiger partial charge in [-0.1, -0.05) is 48.9 Å². The number of likely N-dealkylation sites (tertiary alicyclic amines) is 2. The maximum absolute atomic E-state index is 13.5. The Morgan fingerprint density at radius 2 is 1.64 bits per heavy atom. The predicted molar refractivity (Wildman–Crippen MR) is 114 cm³/mol. The van der Waals surface area contributed by atoms with Gasteiger partial charge in [0, 0.05) is 12.6 Å². The second-order valence-electron chi connectivity index (χ2n) is 9.04. The average Bonchev–Trinajstić information content (AvgIpc) is 3.28. The van der Waals surface area contributed by atoms with E-state index >= 15 is 0 Å². The van der Waals surface area contributed by atoms with Gasteiger partial charge in [0.1, 0.15) is 0 Å². The summed E-state index contributed by atoms with van der Waals surface area (Å²) < 4.78 is 0. The van der Waals surface area contributed by atoms with Gasteiger partial charge < -0.3 is 4.90 Å². The van der Waals surface area contributed by atoms with E-state index in [-0.39, 0.29) is 0 Å². The Kier molecular flexibility index (Phi) is 5.11. The van der Waals surface area contributed by atoms with Crippen molar-refractivity contribution in [3.63, 3.8) is 0 Å². The minimum atomic E-state index is 0.345. The van der Waals surface area contributed by atoms with E-state index in [4.69, 9.17) is 0 Å².